The van der Waals surface area contributed by atoms with E-state index in [0.717, 1.165) is 17.0 Å². The molecular formula is C22H24N4O3S2. The molecule has 1 unspecified atom stereocenters. The highest BCUT2D eigenvalue weighted by atomic mass is 32.2. The van der Waals surface area contributed by atoms with Gasteiger partial charge in [0, 0.05) is 5.69 Å². The number of nitrogens with one attached hydrogen (secondary N) is 1. The van der Waals surface area contributed by atoms with E-state index in [0.29, 0.717) is 32.5 Å². The summed E-state index contributed by atoms with van der Waals surface area (Å²) in [5, 5.41) is 22.0. The number of amides is 1. The number of pyridine rings is 1. The van der Waals surface area contributed by atoms with Gasteiger partial charge in [-0.3, -0.25) is 4.79 Å². The van der Waals surface area contributed by atoms with E-state index in [1.807, 2.05) is 26.8 Å². The van der Waals surface area contributed by atoms with Gasteiger partial charge in [0.1, 0.15) is 27.0 Å². The summed E-state index contributed by atoms with van der Waals surface area (Å²) in [6, 6.07) is 7.72. The lowest BCUT2D eigenvalue weighted by molar-refractivity contribution is -0.115. The summed E-state index contributed by atoms with van der Waals surface area (Å²) >= 11 is 2.25. The Bertz CT molecular complexity index is 1060. The molecule has 0 aliphatic rings. The Hall–Kier alpha value is -2.88. The van der Waals surface area contributed by atoms with Gasteiger partial charge in [0.2, 0.25) is 5.91 Å². The number of nitriles is 2. The quantitative estimate of drug-likeness (QED) is 0.439. The predicted octanol–water partition coefficient (Wildman–Crippen LogP) is 5.00. The topological polar surface area (TPSA) is 116 Å². The maximum Gasteiger partial charge on any atom is 0.348 e. The normalized spacial score (nSPS) is 11.5. The lowest BCUT2D eigenvalue weighted by atomic mass is 10.1. The Morgan fingerprint density at radius 1 is 1.26 bits per heavy atom. The molecule has 2 rings (SSSR count). The molecule has 9 heteroatoms. The highest BCUT2D eigenvalue weighted by molar-refractivity contribution is 8.00. The monoisotopic (exact) mass is 456 g/mol. The van der Waals surface area contributed by atoms with Crippen molar-refractivity contribution in [1.29, 1.82) is 10.5 Å². The van der Waals surface area contributed by atoms with Crippen LogP contribution in [0.25, 0.3) is 0 Å². The lowest BCUT2D eigenvalue weighted by Gasteiger charge is -2.15. The molecular weight excluding hydrogens is 432 g/mol. The van der Waals surface area contributed by atoms with E-state index in [9.17, 15) is 20.1 Å². The predicted molar refractivity (Wildman–Crippen MR) is 121 cm³/mol. The fourth-order valence-corrected chi connectivity index (χ4v) is 4.78. The van der Waals surface area contributed by atoms with Crippen LogP contribution in [0, 0.1) is 29.6 Å². The third kappa shape index (κ3) is 5.63. The number of nitrogens with zero attached hydrogens (tertiary/aromatic N) is 3. The van der Waals surface area contributed by atoms with Crippen molar-refractivity contribution in [3.8, 4) is 12.1 Å². The number of hydrogen-bond acceptors (Lipinski definition) is 8. The zero-order chi connectivity index (χ0) is 23.1. The summed E-state index contributed by atoms with van der Waals surface area (Å²) in [5.74, 6) is -0.646. The number of carbonyl (C=O) groups is 2. The molecule has 162 valence electrons. The lowest BCUT2D eigenvalue weighted by Crippen LogP contribution is -2.24. The van der Waals surface area contributed by atoms with Crippen LogP contribution in [0.1, 0.15) is 72.1 Å². The maximum atomic E-state index is 13.0. The van der Waals surface area contributed by atoms with Crippen molar-refractivity contribution in [2.75, 3.05) is 11.9 Å². The number of carbonyl (C=O) groups excluding carboxylic acids is 2. The SMILES string of the molecule is CCOC(=O)c1sc(NC(=O)C(CC)Sc2nc(C(C)C)ccc2C#N)c(C#N)c1C. The second-order valence-electron chi connectivity index (χ2n) is 6.95. The van der Waals surface area contributed by atoms with Gasteiger partial charge in [0.15, 0.2) is 0 Å². The Labute approximate surface area is 190 Å². The van der Waals surface area contributed by atoms with Crippen LogP contribution in [0.5, 0.6) is 0 Å². The number of esters is 1. The molecule has 2 aromatic rings. The first-order valence-corrected chi connectivity index (χ1v) is 11.6. The summed E-state index contributed by atoms with van der Waals surface area (Å²) < 4.78 is 5.04. The number of anilines is 1. The molecule has 0 spiro atoms. The average Bonchev–Trinajstić information content (AvgIpc) is 3.06. The maximum absolute atomic E-state index is 13.0. The molecule has 0 fully saturated rings. The Morgan fingerprint density at radius 3 is 2.52 bits per heavy atom. The van der Waals surface area contributed by atoms with E-state index < -0.39 is 11.2 Å². The van der Waals surface area contributed by atoms with Crippen molar-refractivity contribution < 1.29 is 14.3 Å². The summed E-state index contributed by atoms with van der Waals surface area (Å²) in [7, 11) is 0. The highest BCUT2D eigenvalue weighted by Gasteiger charge is 2.26. The Balaban J connectivity index is 2.30. The van der Waals surface area contributed by atoms with Crippen LogP contribution in [0.2, 0.25) is 0 Å². The largest absolute Gasteiger partial charge is 0.462 e. The van der Waals surface area contributed by atoms with Crippen molar-refractivity contribution in [2.45, 2.75) is 57.2 Å². The third-order valence-electron chi connectivity index (χ3n) is 4.47. The molecule has 7 nitrogen and oxygen atoms in total. The molecule has 0 aromatic carbocycles. The van der Waals surface area contributed by atoms with Gasteiger partial charge in [0.25, 0.3) is 0 Å². The standard InChI is InChI=1S/C22H24N4O3S2/c1-6-17(30-20-14(10-23)8-9-16(25-20)12(3)4)19(27)26-21-15(11-24)13(5)18(31-21)22(28)29-7-2/h8-9,12,17H,6-7H2,1-5H3,(H,26,27). The number of aromatic nitrogens is 1. The van der Waals surface area contributed by atoms with Crippen molar-refractivity contribution in [2.24, 2.45) is 0 Å². The smallest absolute Gasteiger partial charge is 0.348 e. The summed E-state index contributed by atoms with van der Waals surface area (Å²) in [4.78, 5) is 30.0. The van der Waals surface area contributed by atoms with Crippen molar-refractivity contribution in [3.05, 3.63) is 39.4 Å². The summed E-state index contributed by atoms with van der Waals surface area (Å²) in [6.07, 6.45) is 0.492. The number of ether oxygens (including phenoxy) is 1. The van der Waals surface area contributed by atoms with E-state index in [-0.39, 0.29) is 24.0 Å². The van der Waals surface area contributed by atoms with Crippen LogP contribution >= 0.6 is 23.1 Å². The molecule has 1 amide bonds. The Kier molecular flexibility index (Phi) is 8.61. The van der Waals surface area contributed by atoms with E-state index in [4.69, 9.17) is 4.74 Å². The van der Waals surface area contributed by atoms with Gasteiger partial charge >= 0.3 is 5.97 Å². The minimum atomic E-state index is -0.526. The minimum absolute atomic E-state index is 0.189. The first-order valence-electron chi connectivity index (χ1n) is 9.86. The molecule has 2 heterocycles. The van der Waals surface area contributed by atoms with Crippen LogP contribution in [0.4, 0.5) is 5.00 Å². The highest BCUT2D eigenvalue weighted by Crippen LogP contribution is 2.35. The first-order chi connectivity index (χ1) is 14.8. The Morgan fingerprint density at radius 2 is 1.97 bits per heavy atom. The van der Waals surface area contributed by atoms with Gasteiger partial charge < -0.3 is 10.1 Å². The zero-order valence-corrected chi connectivity index (χ0v) is 19.7. The zero-order valence-electron chi connectivity index (χ0n) is 18.1. The second kappa shape index (κ2) is 10.9. The van der Waals surface area contributed by atoms with Crippen LogP contribution in [0.15, 0.2) is 17.2 Å². The van der Waals surface area contributed by atoms with Crippen molar-refractivity contribution in [3.63, 3.8) is 0 Å². The number of thioether (sulfide) groups is 1. The molecule has 0 radical (unpaired) electrons. The second-order valence-corrected chi connectivity index (χ2v) is 9.16. The van der Waals surface area contributed by atoms with Gasteiger partial charge in [0.05, 0.1) is 23.0 Å². The number of thiophene rings is 1. The molecule has 2 aromatic heterocycles. The van der Waals surface area contributed by atoms with Crippen LogP contribution < -0.4 is 5.32 Å². The first kappa shape index (κ1) is 24.4. The molecule has 1 atom stereocenters. The third-order valence-corrected chi connectivity index (χ3v) is 7.02. The fraction of sp³-hybridized carbons (Fsp3) is 0.409. The van der Waals surface area contributed by atoms with Crippen LogP contribution in [-0.2, 0) is 9.53 Å². The number of rotatable bonds is 8. The molecule has 31 heavy (non-hydrogen) atoms. The van der Waals surface area contributed by atoms with E-state index in [2.05, 4.69) is 22.4 Å². The summed E-state index contributed by atoms with van der Waals surface area (Å²) in [6.45, 7) is 9.47. The van der Waals surface area contributed by atoms with Crippen LogP contribution in [-0.4, -0.2) is 28.7 Å². The molecule has 0 aliphatic carbocycles. The van der Waals surface area contributed by atoms with Gasteiger partial charge in [-0.1, -0.05) is 32.5 Å². The van der Waals surface area contributed by atoms with Gasteiger partial charge in [-0.2, -0.15) is 10.5 Å². The van der Waals surface area contributed by atoms with Gasteiger partial charge in [-0.15, -0.1) is 11.3 Å². The van der Waals surface area contributed by atoms with Crippen molar-refractivity contribution in [1.82, 2.24) is 4.98 Å². The van der Waals surface area contributed by atoms with Crippen LogP contribution in [0.3, 0.4) is 0 Å². The van der Waals surface area contributed by atoms with Gasteiger partial charge in [-0.25, -0.2) is 9.78 Å². The minimum Gasteiger partial charge on any atom is -0.462 e. The molecule has 0 bridgehead atoms. The summed E-state index contributed by atoms with van der Waals surface area (Å²) in [5.41, 5.74) is 1.99. The average molecular weight is 457 g/mol. The number of hydrogen-bond donors (Lipinski definition) is 1. The van der Waals surface area contributed by atoms with E-state index in [1.54, 1.807) is 19.9 Å². The van der Waals surface area contributed by atoms with Gasteiger partial charge in [-0.05, 0) is 43.9 Å². The molecule has 0 saturated heterocycles. The van der Waals surface area contributed by atoms with Crippen molar-refractivity contribution >= 4 is 40.0 Å². The molecule has 1 N–H and O–H groups in total. The fourth-order valence-electron chi connectivity index (χ4n) is 2.73. The van der Waals surface area contributed by atoms with E-state index in [1.165, 1.54) is 11.8 Å². The van der Waals surface area contributed by atoms with E-state index >= 15 is 0 Å². The molecule has 0 saturated carbocycles. The molecule has 0 aliphatic heterocycles.